The third-order valence-corrected chi connectivity index (χ3v) is 5.92. The highest BCUT2D eigenvalue weighted by molar-refractivity contribution is 7.17. The van der Waals surface area contributed by atoms with E-state index >= 15 is 0 Å². The van der Waals surface area contributed by atoms with Crippen molar-refractivity contribution < 1.29 is 9.59 Å². The molecular formula is C20H17ClN4O2S. The molecule has 142 valence electrons. The Morgan fingerprint density at radius 1 is 1.11 bits per heavy atom. The van der Waals surface area contributed by atoms with E-state index in [9.17, 15) is 9.59 Å². The van der Waals surface area contributed by atoms with E-state index in [0.717, 1.165) is 29.7 Å². The predicted molar refractivity (Wildman–Crippen MR) is 110 cm³/mol. The fraction of sp³-hybridized carbons (Fsp3) is 0.200. The summed E-state index contributed by atoms with van der Waals surface area (Å²) >= 11 is 7.38. The molecule has 1 aliphatic carbocycles. The minimum absolute atomic E-state index is 0.106. The highest BCUT2D eigenvalue weighted by Crippen LogP contribution is 2.39. The number of halogens is 1. The number of thiophene rings is 1. The summed E-state index contributed by atoms with van der Waals surface area (Å²) in [6.07, 6.45) is 7.57. The summed E-state index contributed by atoms with van der Waals surface area (Å²) < 4.78 is 0. The number of rotatable bonds is 5. The zero-order valence-corrected chi connectivity index (χ0v) is 16.4. The number of nitrogens with one attached hydrogen (secondary N) is 2. The molecule has 0 unspecified atom stereocenters. The third-order valence-electron chi connectivity index (χ3n) is 4.46. The van der Waals surface area contributed by atoms with Crippen molar-refractivity contribution in [2.75, 3.05) is 10.6 Å². The van der Waals surface area contributed by atoms with Crippen LogP contribution in [0.25, 0.3) is 0 Å². The number of fused-ring (bicyclic) bond motifs is 1. The Balaban J connectivity index is 1.55. The van der Waals surface area contributed by atoms with Gasteiger partial charge in [0.1, 0.15) is 5.00 Å². The zero-order chi connectivity index (χ0) is 19.5. The van der Waals surface area contributed by atoms with Crippen LogP contribution in [0.5, 0.6) is 0 Å². The lowest BCUT2D eigenvalue weighted by molar-refractivity contribution is -0.115. The molecule has 1 aromatic carbocycles. The van der Waals surface area contributed by atoms with Gasteiger partial charge < -0.3 is 10.6 Å². The summed E-state index contributed by atoms with van der Waals surface area (Å²) in [5.74, 6) is -0.447. The summed E-state index contributed by atoms with van der Waals surface area (Å²) in [7, 11) is 0. The van der Waals surface area contributed by atoms with Gasteiger partial charge in [0.15, 0.2) is 0 Å². The second-order valence-electron chi connectivity index (χ2n) is 6.44. The van der Waals surface area contributed by atoms with E-state index in [1.807, 2.05) is 0 Å². The molecule has 2 amide bonds. The molecule has 0 fully saturated rings. The summed E-state index contributed by atoms with van der Waals surface area (Å²) in [6, 6.07) is 6.94. The molecule has 2 heterocycles. The van der Waals surface area contributed by atoms with Crippen LogP contribution in [-0.4, -0.2) is 21.8 Å². The molecule has 6 nitrogen and oxygen atoms in total. The Bertz CT molecular complexity index is 1020. The molecule has 0 aliphatic heterocycles. The van der Waals surface area contributed by atoms with E-state index in [2.05, 4.69) is 20.6 Å². The van der Waals surface area contributed by atoms with E-state index in [1.54, 1.807) is 42.9 Å². The topological polar surface area (TPSA) is 84.0 Å². The fourth-order valence-corrected chi connectivity index (χ4v) is 4.64. The molecule has 8 heteroatoms. The number of hydrogen-bond donors (Lipinski definition) is 2. The lowest BCUT2D eigenvalue weighted by Crippen LogP contribution is -2.19. The highest BCUT2D eigenvalue weighted by Gasteiger charge is 2.27. The first-order valence-corrected chi connectivity index (χ1v) is 10.1. The number of nitrogens with zero attached hydrogens (tertiary/aromatic N) is 2. The van der Waals surface area contributed by atoms with Crippen LogP contribution < -0.4 is 10.6 Å². The minimum Gasteiger partial charge on any atom is -0.322 e. The van der Waals surface area contributed by atoms with Crippen molar-refractivity contribution in [1.82, 2.24) is 9.97 Å². The number of aromatic nitrogens is 2. The summed E-state index contributed by atoms with van der Waals surface area (Å²) in [5, 5.41) is 6.99. The minimum atomic E-state index is -0.225. The van der Waals surface area contributed by atoms with Crippen LogP contribution in [0, 0.1) is 0 Å². The number of carbonyl (C=O) groups is 2. The average Bonchev–Trinajstić information content (AvgIpc) is 3.25. The lowest BCUT2D eigenvalue weighted by Gasteiger charge is -2.09. The van der Waals surface area contributed by atoms with Gasteiger partial charge in [0.05, 0.1) is 17.7 Å². The van der Waals surface area contributed by atoms with Crippen LogP contribution in [0.15, 0.2) is 42.9 Å². The normalized spacial score (nSPS) is 12.5. The number of hydrogen-bond acceptors (Lipinski definition) is 5. The SMILES string of the molecule is O=C(Cc1cnccn1)Nc1sc2c(c1C(=O)Nc1ccc(Cl)cc1)CCC2. The molecule has 2 N–H and O–H groups in total. The van der Waals surface area contributed by atoms with Crippen molar-refractivity contribution >= 4 is 45.4 Å². The number of anilines is 2. The van der Waals surface area contributed by atoms with E-state index in [4.69, 9.17) is 11.6 Å². The predicted octanol–water partition coefficient (Wildman–Crippen LogP) is 4.11. The average molecular weight is 413 g/mol. The van der Waals surface area contributed by atoms with Crippen molar-refractivity contribution in [2.45, 2.75) is 25.7 Å². The van der Waals surface area contributed by atoms with Gasteiger partial charge >= 0.3 is 0 Å². The smallest absolute Gasteiger partial charge is 0.258 e. The van der Waals surface area contributed by atoms with Crippen molar-refractivity contribution in [3.63, 3.8) is 0 Å². The molecule has 0 spiro atoms. The Morgan fingerprint density at radius 2 is 1.93 bits per heavy atom. The first-order chi connectivity index (χ1) is 13.6. The third kappa shape index (κ3) is 4.05. The number of carbonyl (C=O) groups excluding carboxylic acids is 2. The van der Waals surface area contributed by atoms with Crippen molar-refractivity contribution in [1.29, 1.82) is 0 Å². The molecule has 2 aromatic heterocycles. The molecule has 0 saturated heterocycles. The molecule has 1 aliphatic rings. The van der Waals surface area contributed by atoms with E-state index in [-0.39, 0.29) is 18.2 Å². The Morgan fingerprint density at radius 3 is 2.68 bits per heavy atom. The van der Waals surface area contributed by atoms with Gasteiger partial charge in [-0.25, -0.2) is 0 Å². The van der Waals surface area contributed by atoms with Crippen molar-refractivity contribution in [3.8, 4) is 0 Å². The first-order valence-electron chi connectivity index (χ1n) is 8.86. The van der Waals surface area contributed by atoms with Gasteiger partial charge in [-0.1, -0.05) is 11.6 Å². The Labute approximate surface area is 171 Å². The highest BCUT2D eigenvalue weighted by atomic mass is 35.5. The standard InChI is InChI=1S/C20H17ClN4O2S/c21-12-4-6-13(7-5-12)24-19(27)18-15-2-1-3-16(15)28-20(18)25-17(26)10-14-11-22-8-9-23-14/h4-9,11H,1-3,10H2,(H,24,27)(H,25,26). The molecule has 28 heavy (non-hydrogen) atoms. The Kier molecular flexibility index (Phi) is 5.36. The number of benzene rings is 1. The molecule has 0 bridgehead atoms. The maximum Gasteiger partial charge on any atom is 0.258 e. The lowest BCUT2D eigenvalue weighted by atomic mass is 10.1. The van der Waals surface area contributed by atoms with Gasteiger partial charge in [-0.05, 0) is 49.1 Å². The van der Waals surface area contributed by atoms with Crippen LogP contribution in [0.4, 0.5) is 10.7 Å². The van der Waals surface area contributed by atoms with E-state index < -0.39 is 0 Å². The van der Waals surface area contributed by atoms with E-state index in [0.29, 0.717) is 27.0 Å². The molecule has 0 saturated carbocycles. The quantitative estimate of drug-likeness (QED) is 0.660. The summed E-state index contributed by atoms with van der Waals surface area (Å²) in [6.45, 7) is 0. The molecule has 4 rings (SSSR count). The van der Waals surface area contributed by atoms with E-state index in [1.165, 1.54) is 11.3 Å². The first kappa shape index (κ1) is 18.6. The zero-order valence-electron chi connectivity index (χ0n) is 14.9. The second kappa shape index (κ2) is 8.08. The fourth-order valence-electron chi connectivity index (χ4n) is 3.22. The van der Waals surface area contributed by atoms with Gasteiger partial charge in [0, 0.05) is 34.2 Å². The summed E-state index contributed by atoms with van der Waals surface area (Å²) in [5.41, 5.74) is 2.83. The summed E-state index contributed by atoms with van der Waals surface area (Å²) in [4.78, 5) is 34.7. The largest absolute Gasteiger partial charge is 0.322 e. The van der Waals surface area contributed by atoms with Crippen LogP contribution in [0.2, 0.25) is 5.02 Å². The molecular weight excluding hydrogens is 396 g/mol. The Hall–Kier alpha value is -2.77. The van der Waals surface area contributed by atoms with Crippen LogP contribution in [-0.2, 0) is 24.1 Å². The maximum atomic E-state index is 13.0. The molecule has 0 radical (unpaired) electrons. The number of aryl methyl sites for hydroxylation is 1. The maximum absolute atomic E-state index is 13.0. The monoisotopic (exact) mass is 412 g/mol. The van der Waals surface area contributed by atoms with Gasteiger partial charge in [0.2, 0.25) is 5.91 Å². The van der Waals surface area contributed by atoms with Gasteiger partial charge in [-0.15, -0.1) is 11.3 Å². The van der Waals surface area contributed by atoms with Crippen LogP contribution in [0.3, 0.4) is 0 Å². The molecule has 0 atom stereocenters. The van der Waals surface area contributed by atoms with Gasteiger partial charge in [0.25, 0.3) is 5.91 Å². The van der Waals surface area contributed by atoms with Crippen molar-refractivity contribution in [2.24, 2.45) is 0 Å². The van der Waals surface area contributed by atoms with Crippen molar-refractivity contribution in [3.05, 3.63) is 69.6 Å². The number of amides is 2. The molecule has 3 aromatic rings. The van der Waals surface area contributed by atoms with Crippen LogP contribution in [0.1, 0.15) is 32.9 Å². The van der Waals surface area contributed by atoms with Crippen LogP contribution >= 0.6 is 22.9 Å². The van der Waals surface area contributed by atoms with Gasteiger partial charge in [-0.2, -0.15) is 0 Å². The second-order valence-corrected chi connectivity index (χ2v) is 7.99. The van der Waals surface area contributed by atoms with Gasteiger partial charge in [-0.3, -0.25) is 19.6 Å².